The Morgan fingerprint density at radius 3 is 1.95 bits per heavy atom. The summed E-state index contributed by atoms with van der Waals surface area (Å²) in [5.41, 5.74) is 3.47. The van der Waals surface area contributed by atoms with Crippen molar-refractivity contribution in [2.75, 3.05) is 46.9 Å². The number of fused-ring (bicyclic) bond motifs is 2. The molecule has 2 heterocycles. The van der Waals surface area contributed by atoms with Crippen molar-refractivity contribution < 1.29 is 55.7 Å². The zero-order chi connectivity index (χ0) is 33.1. The molecule has 0 saturated carbocycles. The highest BCUT2D eigenvalue weighted by Gasteiger charge is 2.41. The number of nitrogens with zero attached hydrogens (tertiary/aromatic N) is 2. The van der Waals surface area contributed by atoms with Gasteiger partial charge in [-0.3, -0.25) is 9.69 Å². The van der Waals surface area contributed by atoms with Crippen LogP contribution >= 0.6 is 0 Å². The smallest absolute Gasteiger partial charge is 0.490 e. The van der Waals surface area contributed by atoms with Gasteiger partial charge in [0.15, 0.2) is 0 Å². The van der Waals surface area contributed by atoms with Gasteiger partial charge in [-0.1, -0.05) is 30.3 Å². The summed E-state index contributed by atoms with van der Waals surface area (Å²) in [6.07, 6.45) is -6.91. The Kier molecular flexibility index (Phi) is 13.0. The second-order valence-electron chi connectivity index (χ2n) is 10.5. The zero-order valence-corrected chi connectivity index (χ0v) is 24.2. The number of carbonyl (C=O) groups excluding carboxylic acids is 1. The van der Waals surface area contributed by atoms with Crippen molar-refractivity contribution >= 4 is 17.8 Å². The van der Waals surface area contributed by atoms with Crippen LogP contribution in [0.4, 0.5) is 26.3 Å². The minimum absolute atomic E-state index is 0.00175. The van der Waals surface area contributed by atoms with Crippen molar-refractivity contribution in [1.82, 2.24) is 15.1 Å². The Balaban J connectivity index is 0.000000402. The van der Waals surface area contributed by atoms with Crippen molar-refractivity contribution in [2.24, 2.45) is 0 Å². The predicted molar refractivity (Wildman–Crippen MR) is 147 cm³/mol. The lowest BCUT2D eigenvalue weighted by molar-refractivity contribution is -0.193. The highest BCUT2D eigenvalue weighted by atomic mass is 19.4. The van der Waals surface area contributed by atoms with Crippen LogP contribution in [0.5, 0.6) is 5.75 Å². The van der Waals surface area contributed by atoms with Gasteiger partial charge in [-0.2, -0.15) is 26.3 Å². The third kappa shape index (κ3) is 11.3. The lowest BCUT2D eigenvalue weighted by atomic mass is 9.69. The fraction of sp³-hybridized carbons (Fsp3) is 0.483. The molecule has 0 aromatic heterocycles. The molecule has 0 aliphatic carbocycles. The van der Waals surface area contributed by atoms with E-state index in [9.17, 15) is 31.1 Å². The summed E-state index contributed by atoms with van der Waals surface area (Å²) in [4.78, 5) is 35.1. The minimum atomic E-state index is -5.08. The number of hydrogen-bond acceptors (Lipinski definition) is 6. The fourth-order valence-corrected chi connectivity index (χ4v) is 4.70. The summed E-state index contributed by atoms with van der Waals surface area (Å²) in [6.45, 7) is 5.41. The van der Waals surface area contributed by atoms with Crippen molar-refractivity contribution in [3.63, 3.8) is 0 Å². The number of halogens is 6. The minimum Gasteiger partial charge on any atom is -0.493 e. The number of rotatable bonds is 6. The van der Waals surface area contributed by atoms with Gasteiger partial charge >= 0.3 is 24.3 Å². The van der Waals surface area contributed by atoms with Gasteiger partial charge in [0.05, 0.1) is 6.61 Å². The number of aliphatic carboxylic acids is 2. The Morgan fingerprint density at radius 1 is 0.909 bits per heavy atom. The number of likely N-dealkylation sites (N-methyl/N-ethyl adjacent to an activating group) is 1. The molecule has 2 aromatic carbocycles. The third-order valence-corrected chi connectivity index (χ3v) is 7.04. The van der Waals surface area contributed by atoms with E-state index in [1.165, 1.54) is 11.1 Å². The van der Waals surface area contributed by atoms with Crippen LogP contribution < -0.4 is 10.1 Å². The number of likely N-dealkylation sites (tertiary alicyclic amines) is 1. The molecule has 1 spiro atoms. The molecule has 244 valence electrons. The monoisotopic (exact) mass is 635 g/mol. The lowest BCUT2D eigenvalue weighted by Crippen LogP contribution is -2.45. The maximum atomic E-state index is 12.7. The highest BCUT2D eigenvalue weighted by Crippen LogP contribution is 2.46. The van der Waals surface area contributed by atoms with Crippen LogP contribution in [0.25, 0.3) is 0 Å². The SMILES string of the molecule is CN(C)CCNC(=O)c1ccc2c(c1)C1(CCO2)CCN(Cc2ccccc2)CC1.O=C(O)C(F)(F)F.O=C(O)C(F)(F)F. The highest BCUT2D eigenvalue weighted by molar-refractivity contribution is 5.94. The molecule has 2 aliphatic heterocycles. The molecule has 2 aromatic rings. The molecule has 1 fully saturated rings. The van der Waals surface area contributed by atoms with E-state index >= 15 is 0 Å². The molecule has 0 bridgehead atoms. The Morgan fingerprint density at radius 2 is 1.45 bits per heavy atom. The number of nitrogens with one attached hydrogen (secondary N) is 1. The van der Waals surface area contributed by atoms with E-state index in [1.54, 1.807) is 0 Å². The van der Waals surface area contributed by atoms with E-state index in [-0.39, 0.29) is 11.3 Å². The summed E-state index contributed by atoms with van der Waals surface area (Å²) in [6, 6.07) is 16.7. The van der Waals surface area contributed by atoms with Crippen molar-refractivity contribution in [3.05, 3.63) is 65.2 Å². The van der Waals surface area contributed by atoms with Crippen molar-refractivity contribution in [1.29, 1.82) is 0 Å². The first-order valence-electron chi connectivity index (χ1n) is 13.5. The zero-order valence-electron chi connectivity index (χ0n) is 24.2. The molecule has 9 nitrogen and oxygen atoms in total. The van der Waals surface area contributed by atoms with Crippen molar-refractivity contribution in [2.45, 2.75) is 43.6 Å². The molecule has 0 atom stereocenters. The molecule has 4 rings (SSSR count). The maximum Gasteiger partial charge on any atom is 0.490 e. The molecule has 1 saturated heterocycles. The molecular weight excluding hydrogens is 600 g/mol. The second-order valence-corrected chi connectivity index (χ2v) is 10.5. The van der Waals surface area contributed by atoms with Gasteiger partial charge < -0.3 is 25.2 Å². The number of hydrogen-bond donors (Lipinski definition) is 3. The van der Waals surface area contributed by atoms with E-state index in [1.807, 2.05) is 26.2 Å². The van der Waals surface area contributed by atoms with Gasteiger partial charge in [0.1, 0.15) is 5.75 Å². The van der Waals surface area contributed by atoms with Crippen LogP contribution in [0.2, 0.25) is 0 Å². The first-order chi connectivity index (χ1) is 20.4. The van der Waals surface area contributed by atoms with Crippen molar-refractivity contribution in [3.8, 4) is 5.75 Å². The van der Waals surface area contributed by atoms with E-state index < -0.39 is 24.3 Å². The number of benzene rings is 2. The normalized spacial score (nSPS) is 15.9. The summed E-state index contributed by atoms with van der Waals surface area (Å²) in [5, 5.41) is 17.3. The first kappa shape index (κ1) is 36.3. The van der Waals surface area contributed by atoms with E-state index in [4.69, 9.17) is 24.5 Å². The number of carboxylic acids is 2. The van der Waals surface area contributed by atoms with E-state index in [2.05, 4.69) is 51.5 Å². The topological polar surface area (TPSA) is 119 Å². The van der Waals surface area contributed by atoms with Crippen LogP contribution in [-0.4, -0.2) is 97.1 Å². The van der Waals surface area contributed by atoms with Gasteiger partial charge in [0.2, 0.25) is 0 Å². The Hall–Kier alpha value is -3.85. The molecule has 0 radical (unpaired) electrons. The van der Waals surface area contributed by atoms with Gasteiger partial charge in [-0.05, 0) is 70.2 Å². The van der Waals surface area contributed by atoms with Gasteiger partial charge in [0.25, 0.3) is 5.91 Å². The van der Waals surface area contributed by atoms with Gasteiger partial charge in [-0.25, -0.2) is 9.59 Å². The molecule has 15 heteroatoms. The molecule has 1 amide bonds. The van der Waals surface area contributed by atoms with Crippen LogP contribution in [0.15, 0.2) is 48.5 Å². The fourth-order valence-electron chi connectivity index (χ4n) is 4.70. The number of carboxylic acid groups (broad SMARTS) is 2. The number of carbonyl (C=O) groups is 3. The quantitative estimate of drug-likeness (QED) is 0.396. The summed E-state index contributed by atoms with van der Waals surface area (Å²) in [5.74, 6) is -4.55. The molecule has 0 unspecified atom stereocenters. The predicted octanol–water partition coefficient (Wildman–Crippen LogP) is 4.56. The standard InChI is InChI=1S/C25H33N3O2.2C2HF3O2/c1-27(2)16-13-26-24(29)21-8-9-23-22(18-21)25(12-17-30-23)10-14-28(15-11-25)19-20-6-4-3-5-7-20;2*3-2(4,5)1(6)7/h3-9,18H,10-17,19H2,1-2H3,(H,26,29);2*(H,6,7). The molecular formula is C29H35F6N3O6. The third-order valence-electron chi connectivity index (χ3n) is 7.04. The van der Waals surface area contributed by atoms with Crippen LogP contribution in [0.1, 0.15) is 40.7 Å². The van der Waals surface area contributed by atoms with E-state index in [0.717, 1.165) is 63.4 Å². The first-order valence-corrected chi connectivity index (χ1v) is 13.5. The Bertz CT molecular complexity index is 1220. The molecule has 3 N–H and O–H groups in total. The second kappa shape index (κ2) is 15.7. The molecule has 2 aliphatic rings. The van der Waals surface area contributed by atoms with Gasteiger partial charge in [-0.15, -0.1) is 0 Å². The van der Waals surface area contributed by atoms with Crippen LogP contribution in [0.3, 0.4) is 0 Å². The largest absolute Gasteiger partial charge is 0.493 e. The van der Waals surface area contributed by atoms with E-state index in [0.29, 0.717) is 6.54 Å². The Labute approximate surface area is 250 Å². The number of amides is 1. The summed E-state index contributed by atoms with van der Waals surface area (Å²) < 4.78 is 69.4. The maximum absolute atomic E-state index is 12.7. The summed E-state index contributed by atoms with van der Waals surface area (Å²) in [7, 11) is 4.02. The average molecular weight is 636 g/mol. The average Bonchev–Trinajstić information content (AvgIpc) is 2.94. The molecule has 44 heavy (non-hydrogen) atoms. The van der Waals surface area contributed by atoms with Gasteiger partial charge in [0, 0.05) is 36.2 Å². The lowest BCUT2D eigenvalue weighted by Gasteiger charge is -2.45. The number of alkyl halides is 6. The van der Waals surface area contributed by atoms with Crippen LogP contribution in [0, 0.1) is 0 Å². The van der Waals surface area contributed by atoms with Crippen LogP contribution in [-0.2, 0) is 21.5 Å². The summed E-state index contributed by atoms with van der Waals surface area (Å²) >= 11 is 0. The number of piperidine rings is 1. The number of ether oxygens (including phenoxy) is 1.